The number of H-pyrrole nitrogens is 1. The van der Waals surface area contributed by atoms with Gasteiger partial charge in [-0.15, -0.1) is 0 Å². The quantitative estimate of drug-likeness (QED) is 0.0165. The number of rotatable bonds is 15. The Hall–Kier alpha value is -9.92. The van der Waals surface area contributed by atoms with Gasteiger partial charge in [0.15, 0.2) is 17.2 Å². The number of phenolic OH excluding ortho intramolecular Hbond substituents is 1. The number of phenols is 1. The molecule has 20 atom stereocenters. The monoisotopic (exact) mass is 1810 g/mol. The number of ketones is 5. The maximum atomic E-state index is 13.7. The topological polar surface area (TPSA) is 375 Å². The van der Waals surface area contributed by atoms with Gasteiger partial charge in [-0.3, -0.25) is 48.7 Å². The van der Waals surface area contributed by atoms with Crippen molar-refractivity contribution in [3.63, 3.8) is 0 Å². The van der Waals surface area contributed by atoms with E-state index in [4.69, 9.17) is 40.4 Å². The van der Waals surface area contributed by atoms with E-state index >= 15 is 0 Å². The van der Waals surface area contributed by atoms with Crippen LogP contribution in [0.15, 0.2) is 165 Å². The molecule has 11 aliphatic carbocycles. The van der Waals surface area contributed by atoms with Gasteiger partial charge in [-0.1, -0.05) is 147 Å². The highest BCUT2D eigenvalue weighted by Crippen LogP contribution is 2.70. The zero-order chi connectivity index (χ0) is 90.1. The molecule has 0 spiro atoms. The fraction of sp³-hybridized carbons (Fsp3) is 0.500. The lowest BCUT2D eigenvalue weighted by Gasteiger charge is -2.60. The third-order valence-electron chi connectivity index (χ3n) is 32.7. The first-order chi connectivity index (χ1) is 60.5. The number of aliphatic hydroxyl groups is 1. The molecular formula is C102H124BrN9O14S. The van der Waals surface area contributed by atoms with Crippen LogP contribution < -0.4 is 16.2 Å². The van der Waals surface area contributed by atoms with Crippen molar-refractivity contribution in [3.05, 3.63) is 195 Å². The number of aromatic nitrogens is 4. The molecule has 20 rings (SSSR count). The first kappa shape index (κ1) is 90.4. The third-order valence-corrected chi connectivity index (χ3v) is 34.5. The van der Waals surface area contributed by atoms with Gasteiger partial charge in [0.25, 0.3) is 10.1 Å². The highest BCUT2D eigenvalue weighted by molar-refractivity contribution is 9.10. The van der Waals surface area contributed by atoms with Gasteiger partial charge in [0.05, 0.1) is 18.2 Å². The summed E-state index contributed by atoms with van der Waals surface area (Å²) < 4.78 is 47.6. The van der Waals surface area contributed by atoms with E-state index in [-0.39, 0.29) is 94.4 Å². The van der Waals surface area contributed by atoms with Crippen LogP contribution in [-0.2, 0) is 47.8 Å². The molecule has 674 valence electrons. The molecule has 1 saturated heterocycles. The van der Waals surface area contributed by atoms with Gasteiger partial charge in [0.1, 0.15) is 76.4 Å². The molecule has 10 fully saturated rings. The Morgan fingerprint density at radius 3 is 2.02 bits per heavy atom. The molecule has 25 heteroatoms. The highest BCUT2D eigenvalue weighted by Gasteiger charge is 2.68. The van der Waals surface area contributed by atoms with Crippen molar-refractivity contribution >= 4 is 89.8 Å². The molecule has 9 N–H and O–H groups in total. The average Bonchev–Trinajstić information content (AvgIpc) is 1.55. The van der Waals surface area contributed by atoms with Crippen LogP contribution >= 0.6 is 15.9 Å². The number of nitrogen functional groups attached to an aromatic ring is 2. The van der Waals surface area contributed by atoms with Crippen LogP contribution in [0.3, 0.4) is 0 Å². The van der Waals surface area contributed by atoms with Gasteiger partial charge < -0.3 is 40.6 Å². The fourth-order valence-corrected chi connectivity index (χ4v) is 27.2. The molecule has 4 heterocycles. The van der Waals surface area contributed by atoms with Crippen LogP contribution in [0.25, 0.3) is 39.9 Å². The van der Waals surface area contributed by atoms with E-state index in [1.807, 2.05) is 84.9 Å². The Bertz CT molecular complexity index is 5690. The van der Waals surface area contributed by atoms with E-state index in [1.54, 1.807) is 49.5 Å². The molecule has 3 aromatic heterocycles. The number of aliphatic hydroxyl groups excluding tert-OH is 1. The summed E-state index contributed by atoms with van der Waals surface area (Å²) in [5, 5.41) is 34.9. The number of carbonyl (C=O) groups is 6. The number of ether oxygens (including phenoxy) is 2. The second-order valence-electron chi connectivity index (χ2n) is 39.3. The zero-order valence-electron chi connectivity index (χ0n) is 74.2. The number of esters is 1. The number of fused-ring (bicyclic) bond motifs is 16. The first-order valence-corrected chi connectivity index (χ1v) is 47.6. The number of halogens is 1. The Kier molecular flexibility index (Phi) is 25.5. The Morgan fingerprint density at radius 2 is 1.38 bits per heavy atom. The summed E-state index contributed by atoms with van der Waals surface area (Å²) in [5.74, 6) is 8.09. The molecule has 10 unspecified atom stereocenters. The molecule has 5 aromatic carbocycles. The number of furan rings is 1. The van der Waals surface area contributed by atoms with E-state index < -0.39 is 28.2 Å². The van der Waals surface area contributed by atoms with Crippen LogP contribution in [0.4, 0.5) is 0 Å². The number of aromatic hydroxyl groups is 1. The average molecular weight is 1810 g/mol. The first-order valence-electron chi connectivity index (χ1n) is 45.4. The lowest BCUT2D eigenvalue weighted by Crippen LogP contribution is -2.58. The van der Waals surface area contributed by atoms with Crippen molar-refractivity contribution in [1.82, 2.24) is 24.8 Å². The van der Waals surface area contributed by atoms with Crippen LogP contribution in [0.5, 0.6) is 11.8 Å². The maximum Gasteiger partial charge on any atom is 0.318 e. The SMILES string of the molecule is CC(=O)OC1CCC2(C)C(CCC3C2CC(=O)C2(C)C3CC(N3CC3)C2C(C)=O)C1.COc1ncc2[nH]c(C(O)c3ccccc3)nc2n1.C[C@]12CC[C@H]3[C@@H](CCC4=CC(=O)CC[C@@]43C)[C@@H]1CC[C@@H]2C(=O)COS(=O)(=O)c1ccc(Br)cc1.Cc1cc(O)cc2c1[C@H]1CC[C@]3(C)C(=O)CC[C@H]3[C@@H]1C=C2.N=C(N)c1ccc(-c2ccc(-c3ccc(C(=N)N)cc3)o2)cc1.[HH].[HH]. The molecule has 12 aliphatic rings. The Morgan fingerprint density at radius 1 is 0.709 bits per heavy atom. The molecule has 0 amide bonds. The number of benzene rings is 5. The lowest BCUT2D eigenvalue weighted by atomic mass is 9.44. The number of Topliss-reactive ketones (excluding diaryl/α,β-unsaturated/α-hetero) is 4. The van der Waals surface area contributed by atoms with Crippen LogP contribution in [-0.4, -0.2) is 129 Å². The number of allylic oxidation sites excluding steroid dienone is 2. The molecule has 9 saturated carbocycles. The Labute approximate surface area is 755 Å². The van der Waals surface area contributed by atoms with E-state index in [0.717, 1.165) is 155 Å². The van der Waals surface area contributed by atoms with Crippen molar-refractivity contribution in [2.24, 2.45) is 104 Å². The number of imidazole rings is 1. The number of nitrogens with zero attached hydrogens (tertiary/aromatic N) is 4. The van der Waals surface area contributed by atoms with Crippen LogP contribution in [0.2, 0.25) is 0 Å². The number of aromatic amines is 1. The molecule has 127 heavy (non-hydrogen) atoms. The van der Waals surface area contributed by atoms with E-state index in [9.17, 15) is 47.4 Å². The summed E-state index contributed by atoms with van der Waals surface area (Å²) in [6, 6.07) is 38.3. The molecule has 1 aliphatic heterocycles. The molecular weight excluding hydrogens is 1690 g/mol. The highest BCUT2D eigenvalue weighted by atomic mass is 79.9. The largest absolute Gasteiger partial charge is 0.508 e. The van der Waals surface area contributed by atoms with Gasteiger partial charge in [0.2, 0.25) is 0 Å². The standard InChI is InChI=1S/C27H33BrO5S.C25H37NO4.C19H22O2.C18H16N4O.C13H12N4O2.2H2/c1-26-13-11-19(29)15-17(26)3-8-21-22-9-10-24(27(22,2)14-12-23(21)26)25(30)16-33-34(31,32)20-6-4-18(28)5-7-20;1-14(27)23-21(26-9-10-26)12-20-18-6-5-16-11-17(30-15(2)28)7-8-24(16,3)19(18)13-22(29)25(20,23)4;1-11-9-13(20)10-12-3-4-14-15(18(11)12)7-8-19(2)16(14)5-6-17(19)21;19-17(20)13-5-1-11(2-6-13)15-9-10-16(23-15)12-3-7-14(8-4-12)18(21)22;1-19-13-14-7-9-11(17-13)16-12(15-9)10(18)8-5-3-2-4-6-8;;/h4-7,15,21-24H,3,8-14,16H2,1-2H3;16-21,23H,5-13H2,1-4H3;3-4,9-10,14-16,20H,5-8H2,1-2H3;1-10H,(H3,19,20)(H3,21,22);2-7,10,18H,1H3,(H,14,15,16,17);2*1H/t21-,22-,23-,24+,26-,27-;;14-,15+,16+,19+;;;;/m0.1..../s1. The van der Waals surface area contributed by atoms with Gasteiger partial charge >= 0.3 is 12.0 Å². The molecule has 0 bridgehead atoms. The molecule has 23 nitrogen and oxygen atoms in total. The van der Waals surface area contributed by atoms with Crippen LogP contribution in [0.1, 0.15) is 225 Å². The minimum Gasteiger partial charge on any atom is -0.508 e. The smallest absolute Gasteiger partial charge is 0.318 e. The summed E-state index contributed by atoms with van der Waals surface area (Å²) in [5.41, 5.74) is 20.7. The summed E-state index contributed by atoms with van der Waals surface area (Å²) in [6.07, 6.45) is 25.6. The van der Waals surface area contributed by atoms with E-state index in [1.165, 1.54) is 48.4 Å². The number of hydrogen-bond acceptors (Lipinski definition) is 20. The van der Waals surface area contributed by atoms with Gasteiger partial charge in [0, 0.05) is 97.6 Å². The van der Waals surface area contributed by atoms with Gasteiger partial charge in [-0.2, -0.15) is 13.4 Å². The summed E-state index contributed by atoms with van der Waals surface area (Å²) in [4.78, 5) is 93.4. The van der Waals surface area contributed by atoms with Crippen LogP contribution in [0, 0.1) is 110 Å². The van der Waals surface area contributed by atoms with Gasteiger partial charge in [-0.25, -0.2) is 9.97 Å². The zero-order valence-corrected chi connectivity index (χ0v) is 76.6. The van der Waals surface area contributed by atoms with Crippen molar-refractivity contribution in [3.8, 4) is 34.4 Å². The van der Waals surface area contributed by atoms with Crippen molar-refractivity contribution in [2.45, 2.75) is 206 Å². The minimum absolute atomic E-state index is 0. The second kappa shape index (κ2) is 35.8. The number of nitrogens with one attached hydrogen (secondary N) is 3. The van der Waals surface area contributed by atoms with E-state index in [0.29, 0.717) is 117 Å². The van der Waals surface area contributed by atoms with Crippen molar-refractivity contribution < 1.29 is 68.3 Å². The number of hydrogen-bond donors (Lipinski definition) is 7. The molecule has 8 aromatic rings. The number of methoxy groups -OCH3 is 1. The lowest BCUT2D eigenvalue weighted by molar-refractivity contribution is -0.167. The summed E-state index contributed by atoms with van der Waals surface area (Å²) in [6.45, 7) is 18.4. The van der Waals surface area contributed by atoms with E-state index in [2.05, 4.69) is 94.5 Å². The predicted octanol–water partition coefficient (Wildman–Crippen LogP) is 18.8. The molecule has 0 radical (unpaired) electrons. The fourth-order valence-electron chi connectivity index (χ4n) is 26.1. The number of amidine groups is 2. The summed E-state index contributed by atoms with van der Waals surface area (Å²) >= 11 is 3.30. The van der Waals surface area contributed by atoms with Gasteiger partial charge in [-0.05, 0) is 269 Å². The second-order valence-corrected chi connectivity index (χ2v) is 41.8. The normalized spacial score (nSPS) is 31.8. The summed E-state index contributed by atoms with van der Waals surface area (Å²) in [7, 11) is -2.48. The number of aryl methyl sites for hydroxylation is 1. The predicted molar refractivity (Wildman–Crippen MR) is 493 cm³/mol. The number of nitrogens with two attached hydrogens (primary N) is 2. The number of carbonyl (C=O) groups excluding carboxylic acids is 6. The maximum absolute atomic E-state index is 13.7. The minimum atomic E-state index is -3.97. The van der Waals surface area contributed by atoms with Crippen molar-refractivity contribution in [2.75, 3.05) is 26.8 Å². The Balaban J connectivity index is 0.000000132. The third kappa shape index (κ3) is 17.5. The van der Waals surface area contributed by atoms with Crippen molar-refractivity contribution in [1.29, 1.82) is 10.8 Å².